The smallest absolute Gasteiger partial charge is 0.264 e. The molecule has 4 rings (SSSR count). The fourth-order valence-corrected chi connectivity index (χ4v) is 5.02. The molecule has 0 spiro atoms. The second-order valence-electron chi connectivity index (χ2n) is 6.95. The number of nitrogens with one attached hydrogen (secondary N) is 1. The van der Waals surface area contributed by atoms with E-state index in [0.29, 0.717) is 6.54 Å². The highest BCUT2D eigenvalue weighted by Crippen LogP contribution is 2.39. The number of benzene rings is 1. The van der Waals surface area contributed by atoms with Crippen molar-refractivity contribution in [2.45, 2.75) is 12.0 Å². The van der Waals surface area contributed by atoms with Gasteiger partial charge < -0.3 is 10.2 Å². The summed E-state index contributed by atoms with van der Waals surface area (Å²) in [6, 6.07) is 14.1. The van der Waals surface area contributed by atoms with Crippen molar-refractivity contribution < 1.29 is 9.59 Å². The van der Waals surface area contributed by atoms with Gasteiger partial charge in [-0.3, -0.25) is 14.5 Å². The normalized spacial score (nSPS) is 25.7. The van der Waals surface area contributed by atoms with Gasteiger partial charge >= 0.3 is 0 Å². The first kappa shape index (κ1) is 17.2. The van der Waals surface area contributed by atoms with Crippen molar-refractivity contribution in [1.29, 1.82) is 0 Å². The van der Waals surface area contributed by atoms with Crippen LogP contribution in [0.3, 0.4) is 0 Å². The summed E-state index contributed by atoms with van der Waals surface area (Å²) in [5.74, 6) is 0.175. The minimum atomic E-state index is -0.138. The van der Waals surface area contributed by atoms with Crippen LogP contribution < -0.4 is 5.32 Å². The fraction of sp³-hybridized carbons (Fsp3) is 0.400. The molecule has 1 aromatic heterocycles. The third-order valence-corrected chi connectivity index (χ3v) is 6.47. The van der Waals surface area contributed by atoms with E-state index in [1.54, 1.807) is 7.05 Å². The summed E-state index contributed by atoms with van der Waals surface area (Å²) >= 11 is 1.47. The Morgan fingerprint density at radius 3 is 2.58 bits per heavy atom. The molecule has 0 saturated carbocycles. The zero-order valence-electron chi connectivity index (χ0n) is 14.8. The van der Waals surface area contributed by atoms with Crippen LogP contribution in [0.5, 0.6) is 0 Å². The van der Waals surface area contributed by atoms with Crippen LogP contribution in [0.2, 0.25) is 0 Å². The molecule has 0 bridgehead atoms. The summed E-state index contributed by atoms with van der Waals surface area (Å²) in [6.07, 6.45) is 0. The van der Waals surface area contributed by atoms with E-state index in [0.717, 1.165) is 24.5 Å². The Bertz CT molecular complexity index is 778. The van der Waals surface area contributed by atoms with Gasteiger partial charge in [0.05, 0.1) is 10.8 Å². The van der Waals surface area contributed by atoms with Gasteiger partial charge in [-0.15, -0.1) is 11.3 Å². The molecule has 0 unspecified atom stereocenters. The average Bonchev–Trinajstić information content (AvgIpc) is 3.35. The van der Waals surface area contributed by atoms with Crippen LogP contribution in [0.1, 0.15) is 21.2 Å². The van der Waals surface area contributed by atoms with Gasteiger partial charge in [0.1, 0.15) is 0 Å². The lowest BCUT2D eigenvalue weighted by Crippen LogP contribution is -2.55. The van der Waals surface area contributed by atoms with Crippen molar-refractivity contribution in [1.82, 2.24) is 15.1 Å². The monoisotopic (exact) mass is 369 g/mol. The molecule has 3 atom stereocenters. The largest absolute Gasteiger partial charge is 0.359 e. The molecular formula is C20H23N3O2S. The van der Waals surface area contributed by atoms with Crippen LogP contribution in [0.15, 0.2) is 47.8 Å². The fourth-order valence-electron chi connectivity index (χ4n) is 4.33. The Labute approximate surface area is 157 Å². The summed E-state index contributed by atoms with van der Waals surface area (Å²) in [5.41, 5.74) is 1.20. The summed E-state index contributed by atoms with van der Waals surface area (Å²) < 4.78 is 0. The number of hydrogen-bond donors (Lipinski definition) is 1. The van der Waals surface area contributed by atoms with E-state index in [4.69, 9.17) is 0 Å². The molecule has 2 saturated heterocycles. The molecule has 2 aliphatic heterocycles. The molecule has 2 fully saturated rings. The number of thiophene rings is 1. The van der Waals surface area contributed by atoms with Crippen LogP contribution in [0, 0.1) is 5.92 Å². The van der Waals surface area contributed by atoms with Gasteiger partial charge in [-0.25, -0.2) is 0 Å². The van der Waals surface area contributed by atoms with Gasteiger partial charge in [0.25, 0.3) is 5.91 Å². The van der Waals surface area contributed by atoms with Crippen LogP contribution in [0.25, 0.3) is 0 Å². The van der Waals surface area contributed by atoms with Crippen LogP contribution in [-0.4, -0.2) is 60.9 Å². The first-order chi connectivity index (χ1) is 12.7. The molecule has 5 nitrogen and oxygen atoms in total. The number of nitrogens with zero attached hydrogens (tertiary/aromatic N) is 2. The van der Waals surface area contributed by atoms with Crippen molar-refractivity contribution in [2.75, 3.05) is 33.2 Å². The van der Waals surface area contributed by atoms with Crippen LogP contribution >= 0.6 is 11.3 Å². The summed E-state index contributed by atoms with van der Waals surface area (Å²) in [7, 11) is 1.70. The molecule has 3 heterocycles. The Morgan fingerprint density at radius 1 is 1.08 bits per heavy atom. The van der Waals surface area contributed by atoms with Crippen molar-refractivity contribution in [3.63, 3.8) is 0 Å². The van der Waals surface area contributed by atoms with E-state index in [1.807, 2.05) is 40.6 Å². The van der Waals surface area contributed by atoms with Crippen molar-refractivity contribution in [3.05, 3.63) is 58.3 Å². The lowest BCUT2D eigenvalue weighted by molar-refractivity contribution is -0.126. The highest BCUT2D eigenvalue weighted by Gasteiger charge is 2.48. The number of rotatable bonds is 3. The SMILES string of the molecule is CNC(=O)[C@@H]1[C@H]2CN(C(=O)c3cccs3)CCN2C[C@H]1c1ccccc1. The van der Waals surface area contributed by atoms with Crippen LogP contribution in [0.4, 0.5) is 0 Å². The van der Waals surface area contributed by atoms with E-state index in [2.05, 4.69) is 22.3 Å². The molecule has 1 N–H and O–H groups in total. The first-order valence-electron chi connectivity index (χ1n) is 9.02. The Kier molecular flexibility index (Phi) is 4.78. The molecule has 0 aliphatic carbocycles. The van der Waals surface area contributed by atoms with Gasteiger partial charge in [0, 0.05) is 45.2 Å². The minimum Gasteiger partial charge on any atom is -0.359 e. The van der Waals surface area contributed by atoms with Gasteiger partial charge in [-0.2, -0.15) is 0 Å². The number of carbonyl (C=O) groups is 2. The lowest BCUT2D eigenvalue weighted by atomic mass is 9.84. The van der Waals surface area contributed by atoms with Crippen molar-refractivity contribution >= 4 is 23.2 Å². The maximum absolute atomic E-state index is 12.8. The number of amides is 2. The van der Waals surface area contributed by atoms with E-state index < -0.39 is 0 Å². The molecule has 6 heteroatoms. The summed E-state index contributed by atoms with van der Waals surface area (Å²) in [6.45, 7) is 3.01. The molecule has 136 valence electrons. The summed E-state index contributed by atoms with van der Waals surface area (Å²) in [4.78, 5) is 30.6. The Hall–Kier alpha value is -2.18. The van der Waals surface area contributed by atoms with Gasteiger partial charge in [-0.05, 0) is 17.0 Å². The van der Waals surface area contributed by atoms with Crippen molar-refractivity contribution in [2.24, 2.45) is 5.92 Å². The molecule has 2 aliphatic rings. The van der Waals surface area contributed by atoms with Crippen molar-refractivity contribution in [3.8, 4) is 0 Å². The minimum absolute atomic E-state index is 0.0665. The standard InChI is InChI=1S/C20H23N3O2S/c1-21-19(24)18-15(14-6-3-2-4-7-14)12-22-9-10-23(13-16(18)22)20(25)17-8-5-11-26-17/h2-8,11,15-16,18H,9-10,12-13H2,1H3,(H,21,24)/t15-,16+,18-/m0/s1. The number of fused-ring (bicyclic) bond motifs is 1. The highest BCUT2D eigenvalue weighted by atomic mass is 32.1. The summed E-state index contributed by atoms with van der Waals surface area (Å²) in [5, 5.41) is 4.77. The topological polar surface area (TPSA) is 52.7 Å². The molecule has 0 radical (unpaired) electrons. The zero-order valence-corrected chi connectivity index (χ0v) is 15.6. The Balaban J connectivity index is 1.59. The molecule has 26 heavy (non-hydrogen) atoms. The van der Waals surface area contributed by atoms with Crippen LogP contribution in [-0.2, 0) is 4.79 Å². The maximum atomic E-state index is 12.8. The molecular weight excluding hydrogens is 346 g/mol. The van der Waals surface area contributed by atoms with E-state index in [1.165, 1.54) is 16.9 Å². The predicted molar refractivity (Wildman–Crippen MR) is 102 cm³/mol. The van der Waals surface area contributed by atoms with E-state index >= 15 is 0 Å². The van der Waals surface area contributed by atoms with Gasteiger partial charge in [-0.1, -0.05) is 36.4 Å². The highest BCUT2D eigenvalue weighted by molar-refractivity contribution is 7.12. The number of piperazine rings is 1. The molecule has 2 aromatic rings. The molecule has 1 aromatic carbocycles. The number of carbonyl (C=O) groups excluding carboxylic acids is 2. The second kappa shape index (κ2) is 7.21. The predicted octanol–water partition coefficient (Wildman–Crippen LogP) is 2.03. The lowest BCUT2D eigenvalue weighted by Gasteiger charge is -2.39. The zero-order chi connectivity index (χ0) is 18.1. The second-order valence-corrected chi connectivity index (χ2v) is 7.90. The molecule has 2 amide bonds. The van der Waals surface area contributed by atoms with E-state index in [9.17, 15) is 9.59 Å². The van der Waals surface area contributed by atoms with Gasteiger partial charge in [0.2, 0.25) is 5.91 Å². The average molecular weight is 369 g/mol. The third kappa shape index (κ3) is 3.04. The Morgan fingerprint density at radius 2 is 1.88 bits per heavy atom. The quantitative estimate of drug-likeness (QED) is 0.901. The maximum Gasteiger partial charge on any atom is 0.264 e. The first-order valence-corrected chi connectivity index (χ1v) is 9.90. The van der Waals surface area contributed by atoms with Gasteiger partial charge in [0.15, 0.2) is 0 Å². The van der Waals surface area contributed by atoms with E-state index in [-0.39, 0.29) is 29.7 Å². The number of hydrogen-bond acceptors (Lipinski definition) is 4. The third-order valence-electron chi connectivity index (χ3n) is 5.61.